The van der Waals surface area contributed by atoms with Gasteiger partial charge in [0, 0.05) is 45.9 Å². The van der Waals surface area contributed by atoms with E-state index in [1.165, 1.54) is 12.8 Å². The number of unbranched alkanes of at least 4 members (excludes halogenated alkanes) is 1. The van der Waals surface area contributed by atoms with Gasteiger partial charge < -0.3 is 24.8 Å². The lowest BCUT2D eigenvalue weighted by Crippen LogP contribution is -2.49. The summed E-state index contributed by atoms with van der Waals surface area (Å²) in [6.07, 6.45) is 4.50. The van der Waals surface area contributed by atoms with E-state index in [2.05, 4.69) is 36.3 Å². The standard InChI is InChI=1S/C21H44N4O3.HI/c1-5-19(6-2)20(25-11-14-28-15-12-25)18-24-21(22-7-3)23-10-8-9-13-27-17-16-26-4;/h19-20H,5-18H2,1-4H3,(H2,22,23,24);1H. The fraction of sp³-hybridized carbons (Fsp3) is 0.952. The molecule has 2 N–H and O–H groups in total. The molecule has 1 heterocycles. The van der Waals surface area contributed by atoms with Crippen molar-refractivity contribution in [3.8, 4) is 0 Å². The molecule has 8 heteroatoms. The van der Waals surface area contributed by atoms with E-state index >= 15 is 0 Å². The molecule has 174 valence electrons. The molecule has 0 aromatic heterocycles. The first kappa shape index (κ1) is 28.8. The van der Waals surface area contributed by atoms with E-state index in [4.69, 9.17) is 19.2 Å². The summed E-state index contributed by atoms with van der Waals surface area (Å²) in [4.78, 5) is 7.50. The Bertz CT molecular complexity index is 392. The van der Waals surface area contributed by atoms with Crippen LogP contribution in [0.5, 0.6) is 0 Å². The first-order valence-corrected chi connectivity index (χ1v) is 11.2. The van der Waals surface area contributed by atoms with Crippen LogP contribution in [-0.2, 0) is 14.2 Å². The zero-order valence-corrected chi connectivity index (χ0v) is 21.4. The van der Waals surface area contributed by atoms with Gasteiger partial charge in [0.15, 0.2) is 5.96 Å². The van der Waals surface area contributed by atoms with Gasteiger partial charge in [-0.1, -0.05) is 26.7 Å². The second kappa shape index (κ2) is 19.8. The number of ether oxygens (including phenoxy) is 3. The van der Waals surface area contributed by atoms with E-state index in [1.807, 2.05) is 0 Å². The van der Waals surface area contributed by atoms with Gasteiger partial charge in [-0.2, -0.15) is 0 Å². The van der Waals surface area contributed by atoms with Crippen molar-refractivity contribution in [2.24, 2.45) is 10.9 Å². The lowest BCUT2D eigenvalue weighted by atomic mass is 9.92. The van der Waals surface area contributed by atoms with Gasteiger partial charge in [-0.25, -0.2) is 0 Å². The minimum atomic E-state index is 0. The molecule has 1 atom stereocenters. The summed E-state index contributed by atoms with van der Waals surface area (Å²) in [5.74, 6) is 1.60. The van der Waals surface area contributed by atoms with E-state index in [1.54, 1.807) is 7.11 Å². The average molecular weight is 529 g/mol. The van der Waals surface area contributed by atoms with Crippen molar-refractivity contribution < 1.29 is 14.2 Å². The maximum absolute atomic E-state index is 5.55. The smallest absolute Gasteiger partial charge is 0.191 e. The summed E-state index contributed by atoms with van der Waals surface area (Å²) < 4.78 is 16.0. The Morgan fingerprint density at radius 1 is 1.03 bits per heavy atom. The Morgan fingerprint density at radius 3 is 2.38 bits per heavy atom. The lowest BCUT2D eigenvalue weighted by molar-refractivity contribution is 0.00395. The van der Waals surface area contributed by atoms with Crippen LogP contribution in [-0.4, -0.2) is 89.8 Å². The summed E-state index contributed by atoms with van der Waals surface area (Å²) in [6.45, 7) is 15.2. The number of rotatable bonds is 15. The fourth-order valence-electron chi connectivity index (χ4n) is 3.61. The van der Waals surface area contributed by atoms with Gasteiger partial charge in [-0.3, -0.25) is 9.89 Å². The first-order chi connectivity index (χ1) is 13.8. The molecule has 29 heavy (non-hydrogen) atoms. The minimum Gasteiger partial charge on any atom is -0.382 e. The molecule has 1 saturated heterocycles. The van der Waals surface area contributed by atoms with Crippen molar-refractivity contribution in [1.82, 2.24) is 15.5 Å². The second-order valence-electron chi connectivity index (χ2n) is 7.25. The van der Waals surface area contributed by atoms with Crippen LogP contribution < -0.4 is 10.6 Å². The SMILES string of the molecule is CCNC(=NCC(C(CC)CC)N1CCOCC1)NCCCCOCCOC.I. The summed E-state index contributed by atoms with van der Waals surface area (Å²) in [5, 5.41) is 6.85. The van der Waals surface area contributed by atoms with Crippen molar-refractivity contribution in [2.45, 2.75) is 52.5 Å². The molecule has 0 aromatic rings. The number of methoxy groups -OCH3 is 1. The van der Waals surface area contributed by atoms with Gasteiger partial charge in [0.25, 0.3) is 0 Å². The minimum absolute atomic E-state index is 0. The van der Waals surface area contributed by atoms with Crippen LogP contribution >= 0.6 is 24.0 Å². The predicted octanol–water partition coefficient (Wildman–Crippen LogP) is 2.74. The lowest BCUT2D eigenvalue weighted by Gasteiger charge is -2.38. The number of morpholine rings is 1. The van der Waals surface area contributed by atoms with E-state index in [0.717, 1.165) is 71.3 Å². The Hall–Kier alpha value is -0.160. The highest BCUT2D eigenvalue weighted by molar-refractivity contribution is 14.0. The molecule has 0 saturated carbocycles. The number of aliphatic imine (C=N–C) groups is 1. The maximum Gasteiger partial charge on any atom is 0.191 e. The Kier molecular flexibility index (Phi) is 19.7. The number of hydrogen-bond donors (Lipinski definition) is 2. The Morgan fingerprint density at radius 2 is 1.76 bits per heavy atom. The Balaban J connectivity index is 0.00000784. The Labute approximate surface area is 195 Å². The average Bonchev–Trinajstić information content (AvgIpc) is 2.73. The van der Waals surface area contributed by atoms with E-state index in [9.17, 15) is 0 Å². The molecule has 0 bridgehead atoms. The monoisotopic (exact) mass is 528 g/mol. The molecule has 1 aliphatic rings. The number of nitrogens with one attached hydrogen (secondary N) is 2. The number of halogens is 1. The van der Waals surface area contributed by atoms with Gasteiger partial charge in [0.1, 0.15) is 0 Å². The third-order valence-corrected chi connectivity index (χ3v) is 5.33. The second-order valence-corrected chi connectivity index (χ2v) is 7.25. The molecule has 1 aliphatic heterocycles. The first-order valence-electron chi connectivity index (χ1n) is 11.2. The molecule has 0 spiro atoms. The third kappa shape index (κ3) is 13.0. The topological polar surface area (TPSA) is 67.4 Å². The van der Waals surface area contributed by atoms with Crippen LogP contribution in [0.25, 0.3) is 0 Å². The summed E-state index contributed by atoms with van der Waals surface area (Å²) in [7, 11) is 1.70. The maximum atomic E-state index is 5.55. The van der Waals surface area contributed by atoms with Crippen molar-refractivity contribution in [2.75, 3.05) is 72.9 Å². The molecule has 0 radical (unpaired) electrons. The third-order valence-electron chi connectivity index (χ3n) is 5.33. The van der Waals surface area contributed by atoms with Crippen molar-refractivity contribution in [1.29, 1.82) is 0 Å². The van der Waals surface area contributed by atoms with Crippen LogP contribution in [0.15, 0.2) is 4.99 Å². The van der Waals surface area contributed by atoms with Gasteiger partial charge in [-0.15, -0.1) is 24.0 Å². The zero-order valence-electron chi connectivity index (χ0n) is 19.1. The predicted molar refractivity (Wildman–Crippen MR) is 132 cm³/mol. The van der Waals surface area contributed by atoms with Gasteiger partial charge in [0.05, 0.1) is 33.0 Å². The molecular weight excluding hydrogens is 483 g/mol. The molecule has 1 unspecified atom stereocenters. The van der Waals surface area contributed by atoms with Gasteiger partial charge in [-0.05, 0) is 25.7 Å². The number of hydrogen-bond acceptors (Lipinski definition) is 5. The summed E-state index contributed by atoms with van der Waals surface area (Å²) in [6, 6.07) is 0.489. The highest BCUT2D eigenvalue weighted by Gasteiger charge is 2.26. The zero-order chi connectivity index (χ0) is 20.5. The molecule has 0 amide bonds. The van der Waals surface area contributed by atoms with Crippen molar-refractivity contribution in [3.05, 3.63) is 0 Å². The van der Waals surface area contributed by atoms with Crippen molar-refractivity contribution in [3.63, 3.8) is 0 Å². The van der Waals surface area contributed by atoms with Crippen LogP contribution in [0.4, 0.5) is 0 Å². The molecule has 0 aliphatic carbocycles. The molecule has 7 nitrogen and oxygen atoms in total. The highest BCUT2D eigenvalue weighted by Crippen LogP contribution is 2.20. The quantitative estimate of drug-likeness (QED) is 0.148. The van der Waals surface area contributed by atoms with Gasteiger partial charge in [0.2, 0.25) is 0 Å². The number of nitrogens with zero attached hydrogens (tertiary/aromatic N) is 2. The van der Waals surface area contributed by atoms with Crippen LogP contribution in [0.2, 0.25) is 0 Å². The van der Waals surface area contributed by atoms with Gasteiger partial charge >= 0.3 is 0 Å². The fourth-order valence-corrected chi connectivity index (χ4v) is 3.61. The molecule has 1 rings (SSSR count). The summed E-state index contributed by atoms with van der Waals surface area (Å²) >= 11 is 0. The number of guanidine groups is 1. The molecule has 0 aromatic carbocycles. The molecular formula is C21H45IN4O3. The summed E-state index contributed by atoms with van der Waals surface area (Å²) in [5.41, 5.74) is 0. The molecule has 1 fully saturated rings. The normalized spacial score (nSPS) is 16.5. The van der Waals surface area contributed by atoms with E-state index < -0.39 is 0 Å². The van der Waals surface area contributed by atoms with Crippen LogP contribution in [0.3, 0.4) is 0 Å². The van der Waals surface area contributed by atoms with E-state index in [0.29, 0.717) is 25.2 Å². The van der Waals surface area contributed by atoms with Crippen LogP contribution in [0.1, 0.15) is 46.5 Å². The van der Waals surface area contributed by atoms with Crippen LogP contribution in [0, 0.1) is 5.92 Å². The van der Waals surface area contributed by atoms with E-state index in [-0.39, 0.29) is 24.0 Å². The largest absolute Gasteiger partial charge is 0.382 e. The van der Waals surface area contributed by atoms with Crippen molar-refractivity contribution >= 4 is 29.9 Å². The highest BCUT2D eigenvalue weighted by atomic mass is 127.